The van der Waals surface area contributed by atoms with Gasteiger partial charge in [0.05, 0.1) is 0 Å². The largest absolute Gasteiger partial charge is 0.481 e. The van der Waals surface area contributed by atoms with Crippen LogP contribution in [0.1, 0.15) is 36.3 Å². The highest BCUT2D eigenvalue weighted by Gasteiger charge is 2.30. The fourth-order valence-electron chi connectivity index (χ4n) is 3.73. The van der Waals surface area contributed by atoms with E-state index in [9.17, 15) is 14.4 Å². The number of nitrogens with one attached hydrogen (secondary N) is 1. The van der Waals surface area contributed by atoms with Crippen LogP contribution in [0.25, 0.3) is 11.1 Å². The lowest BCUT2D eigenvalue weighted by atomic mass is 9.98. The van der Waals surface area contributed by atoms with Crippen molar-refractivity contribution < 1.29 is 29.0 Å². The fraction of sp³-hybridized carbons (Fsp3) is 0.292. The second-order valence-electron chi connectivity index (χ2n) is 7.23. The highest BCUT2D eigenvalue weighted by molar-refractivity contribution is 5.82. The van der Waals surface area contributed by atoms with Crippen molar-refractivity contribution in [1.82, 2.24) is 5.32 Å². The molecule has 0 saturated carbocycles. The Bertz CT molecular complexity index is 925. The molecule has 7 heteroatoms. The van der Waals surface area contributed by atoms with Gasteiger partial charge in [-0.3, -0.25) is 4.79 Å². The van der Waals surface area contributed by atoms with Crippen LogP contribution in [0.5, 0.6) is 0 Å². The van der Waals surface area contributed by atoms with Gasteiger partial charge in [-0.2, -0.15) is 0 Å². The minimum Gasteiger partial charge on any atom is -0.481 e. The van der Waals surface area contributed by atoms with E-state index in [1.165, 1.54) is 6.08 Å². The Morgan fingerprint density at radius 2 is 1.65 bits per heavy atom. The third kappa shape index (κ3) is 5.51. The number of carbonyl (C=O) groups excluding carboxylic acids is 2. The van der Waals surface area contributed by atoms with Gasteiger partial charge in [0.2, 0.25) is 0 Å². The molecule has 0 radical (unpaired) electrons. The summed E-state index contributed by atoms with van der Waals surface area (Å²) in [5, 5.41) is 11.3. The second-order valence-corrected chi connectivity index (χ2v) is 7.23. The van der Waals surface area contributed by atoms with Crippen molar-refractivity contribution >= 4 is 18.0 Å². The Morgan fingerprint density at radius 1 is 1.03 bits per heavy atom. The summed E-state index contributed by atoms with van der Waals surface area (Å²) in [5.41, 5.74) is 4.40. The van der Waals surface area contributed by atoms with E-state index in [4.69, 9.17) is 14.6 Å². The molecule has 162 valence electrons. The molecule has 3 rings (SSSR count). The number of fused-ring (bicyclic) bond motifs is 3. The number of hydrogen-bond donors (Lipinski definition) is 2. The van der Waals surface area contributed by atoms with Crippen molar-refractivity contribution in [2.75, 3.05) is 13.2 Å². The zero-order valence-electron chi connectivity index (χ0n) is 17.1. The minimum atomic E-state index is -0.991. The van der Waals surface area contributed by atoms with E-state index in [-0.39, 0.29) is 38.4 Å². The van der Waals surface area contributed by atoms with Crippen molar-refractivity contribution in [3.05, 3.63) is 72.3 Å². The molecule has 0 heterocycles. The Kier molecular flexibility index (Phi) is 7.43. The standard InChI is InChI=1S/C24H25NO6/c1-2-14-30-23(28)21(12-7-13-22(26)27)25-24(29)31-15-20-18-10-5-3-8-16(18)17-9-4-6-11-19(17)20/h2-6,8-11,20-21H,1,7,12-15H2,(H,25,29)(H,26,27)/t21-/m1/s1. The summed E-state index contributed by atoms with van der Waals surface area (Å²) in [6.07, 6.45) is 0.897. The summed E-state index contributed by atoms with van der Waals surface area (Å²) in [6.45, 7) is 3.60. The number of esters is 1. The summed E-state index contributed by atoms with van der Waals surface area (Å²) < 4.78 is 10.5. The van der Waals surface area contributed by atoms with Gasteiger partial charge in [-0.1, -0.05) is 61.2 Å². The predicted molar refractivity (Wildman–Crippen MR) is 115 cm³/mol. The van der Waals surface area contributed by atoms with Gasteiger partial charge in [-0.25, -0.2) is 9.59 Å². The molecular formula is C24H25NO6. The molecule has 7 nitrogen and oxygen atoms in total. The topological polar surface area (TPSA) is 102 Å². The molecule has 2 aromatic rings. The SMILES string of the molecule is C=CCOC(=O)[C@@H](CCCC(=O)O)NC(=O)OCC1c2ccccc2-c2ccccc21. The molecule has 2 aromatic carbocycles. The predicted octanol–water partition coefficient (Wildman–Crippen LogP) is 3.88. The van der Waals surface area contributed by atoms with Crippen LogP contribution in [0.2, 0.25) is 0 Å². The van der Waals surface area contributed by atoms with Crippen molar-refractivity contribution in [2.45, 2.75) is 31.2 Å². The summed E-state index contributed by atoms with van der Waals surface area (Å²) in [4.78, 5) is 35.4. The third-order valence-corrected chi connectivity index (χ3v) is 5.15. The minimum absolute atomic E-state index is 0.000629. The zero-order valence-corrected chi connectivity index (χ0v) is 17.1. The molecule has 0 aliphatic heterocycles. The number of carbonyl (C=O) groups is 3. The lowest BCUT2D eigenvalue weighted by molar-refractivity contribution is -0.145. The maximum atomic E-state index is 12.4. The Morgan fingerprint density at radius 3 is 2.23 bits per heavy atom. The summed E-state index contributed by atoms with van der Waals surface area (Å²) in [6, 6.07) is 15.0. The summed E-state index contributed by atoms with van der Waals surface area (Å²) >= 11 is 0. The van der Waals surface area contributed by atoms with E-state index >= 15 is 0 Å². The number of carboxylic acid groups (broad SMARTS) is 1. The van der Waals surface area contributed by atoms with E-state index in [0.29, 0.717) is 0 Å². The molecule has 0 saturated heterocycles. The van der Waals surface area contributed by atoms with Gasteiger partial charge in [0, 0.05) is 12.3 Å². The van der Waals surface area contributed by atoms with E-state index in [1.807, 2.05) is 48.5 Å². The number of hydrogen-bond acceptors (Lipinski definition) is 5. The number of benzene rings is 2. The van der Waals surface area contributed by atoms with Gasteiger partial charge in [-0.15, -0.1) is 0 Å². The van der Waals surface area contributed by atoms with Crippen molar-refractivity contribution in [3.63, 3.8) is 0 Å². The van der Waals surface area contributed by atoms with E-state index in [1.54, 1.807) is 0 Å². The maximum absolute atomic E-state index is 12.4. The first-order chi connectivity index (χ1) is 15.0. The van der Waals surface area contributed by atoms with Gasteiger partial charge in [-0.05, 0) is 35.1 Å². The Labute approximate surface area is 180 Å². The van der Waals surface area contributed by atoms with Crippen LogP contribution in [0.3, 0.4) is 0 Å². The molecule has 1 aliphatic rings. The van der Waals surface area contributed by atoms with Gasteiger partial charge in [0.15, 0.2) is 0 Å². The number of carboxylic acids is 1. The Hall–Kier alpha value is -3.61. The lowest BCUT2D eigenvalue weighted by Crippen LogP contribution is -2.42. The van der Waals surface area contributed by atoms with E-state index in [0.717, 1.165) is 22.3 Å². The van der Waals surface area contributed by atoms with Gasteiger partial charge in [0.25, 0.3) is 0 Å². The third-order valence-electron chi connectivity index (χ3n) is 5.15. The normalized spacial score (nSPS) is 12.9. The smallest absolute Gasteiger partial charge is 0.407 e. The molecule has 1 amide bonds. The molecule has 0 bridgehead atoms. The highest BCUT2D eigenvalue weighted by atomic mass is 16.6. The van der Waals surface area contributed by atoms with Crippen molar-refractivity contribution in [1.29, 1.82) is 0 Å². The quantitative estimate of drug-likeness (QED) is 0.444. The van der Waals surface area contributed by atoms with Gasteiger partial charge in [0.1, 0.15) is 19.3 Å². The molecular weight excluding hydrogens is 398 g/mol. The molecule has 0 fully saturated rings. The first-order valence-electron chi connectivity index (χ1n) is 10.1. The average Bonchev–Trinajstić information content (AvgIpc) is 3.09. The number of rotatable bonds is 10. The molecule has 1 atom stereocenters. The molecule has 2 N–H and O–H groups in total. The van der Waals surface area contributed by atoms with Crippen LogP contribution >= 0.6 is 0 Å². The number of aliphatic carboxylic acids is 1. The number of amides is 1. The first-order valence-corrected chi connectivity index (χ1v) is 10.1. The van der Waals surface area contributed by atoms with Crippen LogP contribution in [0, 0.1) is 0 Å². The van der Waals surface area contributed by atoms with E-state index in [2.05, 4.69) is 11.9 Å². The van der Waals surface area contributed by atoms with E-state index < -0.39 is 24.1 Å². The van der Waals surface area contributed by atoms with Crippen LogP contribution in [0.4, 0.5) is 4.79 Å². The van der Waals surface area contributed by atoms with Crippen LogP contribution in [0.15, 0.2) is 61.2 Å². The zero-order chi connectivity index (χ0) is 22.2. The fourth-order valence-corrected chi connectivity index (χ4v) is 3.73. The number of alkyl carbamates (subject to hydrolysis) is 1. The van der Waals surface area contributed by atoms with Crippen molar-refractivity contribution in [2.24, 2.45) is 0 Å². The summed E-state index contributed by atoms with van der Waals surface area (Å²) in [5.74, 6) is -1.73. The van der Waals surface area contributed by atoms with Crippen LogP contribution in [-0.4, -0.2) is 42.4 Å². The average molecular weight is 423 g/mol. The highest BCUT2D eigenvalue weighted by Crippen LogP contribution is 2.44. The molecule has 1 aliphatic carbocycles. The molecule has 0 spiro atoms. The van der Waals surface area contributed by atoms with Crippen LogP contribution < -0.4 is 5.32 Å². The molecule has 0 unspecified atom stereocenters. The monoisotopic (exact) mass is 423 g/mol. The number of ether oxygens (including phenoxy) is 2. The van der Waals surface area contributed by atoms with Gasteiger partial charge < -0.3 is 19.9 Å². The Balaban J connectivity index is 1.63. The van der Waals surface area contributed by atoms with Gasteiger partial charge >= 0.3 is 18.0 Å². The maximum Gasteiger partial charge on any atom is 0.407 e. The molecule has 0 aromatic heterocycles. The molecule has 31 heavy (non-hydrogen) atoms. The van der Waals surface area contributed by atoms with Crippen LogP contribution in [-0.2, 0) is 19.1 Å². The second kappa shape index (κ2) is 10.4. The lowest BCUT2D eigenvalue weighted by Gasteiger charge is -2.19. The summed E-state index contributed by atoms with van der Waals surface area (Å²) in [7, 11) is 0. The first kappa shape index (κ1) is 22.1. The van der Waals surface area contributed by atoms with Crippen molar-refractivity contribution in [3.8, 4) is 11.1 Å².